The van der Waals surface area contributed by atoms with Crippen LogP contribution in [0.1, 0.15) is 26.4 Å². The van der Waals surface area contributed by atoms with E-state index in [0.717, 1.165) is 30.3 Å². The van der Waals surface area contributed by atoms with Crippen LogP contribution in [-0.4, -0.2) is 36.1 Å². The molecule has 0 aliphatic carbocycles. The Morgan fingerprint density at radius 2 is 1.64 bits per heavy atom. The van der Waals surface area contributed by atoms with Crippen LogP contribution < -0.4 is 25.4 Å². The average Bonchev–Trinajstić information content (AvgIpc) is 2.83. The molecule has 0 atom stereocenters. The van der Waals surface area contributed by atoms with E-state index in [9.17, 15) is 31.5 Å². The molecule has 0 radical (unpaired) electrons. The zero-order valence-corrected chi connectivity index (χ0v) is 18.4. The van der Waals surface area contributed by atoms with Crippen molar-refractivity contribution in [1.29, 1.82) is 0 Å². The number of carbonyl (C=O) groups excluding carboxylic acids is 2. The van der Waals surface area contributed by atoms with Gasteiger partial charge in [0.15, 0.2) is 11.5 Å². The molecule has 2 aromatic carbocycles. The number of nitrogens with one attached hydrogen (secondary N) is 3. The number of rotatable bonds is 6. The second kappa shape index (κ2) is 9.32. The van der Waals surface area contributed by atoms with Gasteiger partial charge in [-0.15, -0.1) is 0 Å². The van der Waals surface area contributed by atoms with Crippen molar-refractivity contribution in [3.8, 4) is 11.5 Å². The quantitative estimate of drug-likeness (QED) is 0.427. The molecule has 0 saturated heterocycles. The van der Waals surface area contributed by atoms with Crippen LogP contribution in [0.3, 0.4) is 0 Å². The maximum Gasteiger partial charge on any atom is 0.507 e. The Morgan fingerprint density at radius 1 is 0.917 bits per heavy atom. The van der Waals surface area contributed by atoms with Crippen LogP contribution in [-0.2, 0) is 6.54 Å². The predicted molar refractivity (Wildman–Crippen MR) is 117 cm³/mol. The van der Waals surface area contributed by atoms with Crippen molar-refractivity contribution >= 4 is 23.2 Å². The fraction of sp³-hybridized carbons (Fsp3) is 0.174. The van der Waals surface area contributed by atoms with Crippen LogP contribution in [0.5, 0.6) is 11.5 Å². The highest BCUT2D eigenvalue weighted by Crippen LogP contribution is 2.47. The number of amides is 2. The van der Waals surface area contributed by atoms with Gasteiger partial charge < -0.3 is 25.4 Å². The lowest BCUT2D eigenvalue weighted by Crippen LogP contribution is -2.52. The van der Waals surface area contributed by atoms with E-state index in [-0.39, 0.29) is 29.2 Å². The molecule has 188 valence electrons. The van der Waals surface area contributed by atoms with Gasteiger partial charge in [-0.2, -0.15) is 17.6 Å². The lowest BCUT2D eigenvalue weighted by Gasteiger charge is -2.31. The number of alkyl halides is 4. The minimum Gasteiger partial charge on any atom is -0.421 e. The first kappa shape index (κ1) is 24.7. The number of nitrogens with zero attached hydrogens (tertiary/aromatic N) is 1. The molecular formula is C23H17F5N4O4. The third-order valence-corrected chi connectivity index (χ3v) is 5.01. The topological polar surface area (TPSA) is 102 Å². The van der Waals surface area contributed by atoms with E-state index in [1.807, 2.05) is 0 Å². The fourth-order valence-electron chi connectivity index (χ4n) is 3.24. The van der Waals surface area contributed by atoms with Gasteiger partial charge in [0.05, 0.1) is 11.3 Å². The number of ether oxygens (including phenoxy) is 2. The molecule has 0 fully saturated rings. The van der Waals surface area contributed by atoms with Gasteiger partial charge in [-0.1, -0.05) is 0 Å². The summed E-state index contributed by atoms with van der Waals surface area (Å²) >= 11 is 0. The highest BCUT2D eigenvalue weighted by atomic mass is 19.3. The van der Waals surface area contributed by atoms with E-state index in [1.54, 1.807) is 6.07 Å². The molecule has 3 N–H and O–H groups in total. The van der Waals surface area contributed by atoms with Crippen molar-refractivity contribution in [2.45, 2.75) is 18.8 Å². The van der Waals surface area contributed by atoms with Crippen LogP contribution in [0.4, 0.5) is 33.3 Å². The average molecular weight is 508 g/mol. The molecule has 1 aromatic heterocycles. The van der Waals surface area contributed by atoms with Gasteiger partial charge in [-0.3, -0.25) is 14.6 Å². The normalized spacial score (nSPS) is 15.1. The minimum atomic E-state index is -4.92. The molecule has 2 heterocycles. The first-order valence-electron chi connectivity index (χ1n) is 10.3. The largest absolute Gasteiger partial charge is 0.507 e. The van der Waals surface area contributed by atoms with Crippen molar-refractivity contribution in [2.75, 3.05) is 17.7 Å². The Balaban J connectivity index is 1.52. The zero-order valence-electron chi connectivity index (χ0n) is 18.4. The number of fused-ring (bicyclic) bond motifs is 1. The molecule has 8 nitrogen and oxygen atoms in total. The highest BCUT2D eigenvalue weighted by molar-refractivity contribution is 6.08. The third-order valence-electron chi connectivity index (χ3n) is 5.01. The van der Waals surface area contributed by atoms with Crippen molar-refractivity contribution in [3.05, 3.63) is 77.4 Å². The summed E-state index contributed by atoms with van der Waals surface area (Å²) in [6.07, 6.45) is -8.36. The van der Waals surface area contributed by atoms with Crippen molar-refractivity contribution in [2.24, 2.45) is 0 Å². The molecule has 3 aromatic rings. The second-order valence-electron chi connectivity index (χ2n) is 7.53. The predicted octanol–water partition coefficient (Wildman–Crippen LogP) is 4.40. The zero-order chi connectivity index (χ0) is 26.1. The maximum atomic E-state index is 13.9. The molecule has 4 rings (SSSR count). The first-order chi connectivity index (χ1) is 17.0. The number of aromatic nitrogens is 1. The van der Waals surface area contributed by atoms with Gasteiger partial charge in [0.1, 0.15) is 11.5 Å². The smallest absolute Gasteiger partial charge is 0.421 e. The molecule has 0 bridgehead atoms. The summed E-state index contributed by atoms with van der Waals surface area (Å²) in [6.45, 7) is 0.101. The molecule has 1 aliphatic heterocycles. The number of pyridine rings is 1. The number of anilines is 2. The van der Waals surface area contributed by atoms with Gasteiger partial charge in [-0.05, 0) is 48.0 Å². The number of carbonyl (C=O) groups is 2. The van der Waals surface area contributed by atoms with Gasteiger partial charge in [0, 0.05) is 31.5 Å². The second-order valence-corrected chi connectivity index (χ2v) is 7.53. The van der Waals surface area contributed by atoms with Gasteiger partial charge in [0.2, 0.25) is 0 Å². The van der Waals surface area contributed by atoms with Crippen LogP contribution in [0, 0.1) is 5.82 Å². The van der Waals surface area contributed by atoms with E-state index in [0.29, 0.717) is 5.56 Å². The molecule has 0 unspecified atom stereocenters. The van der Waals surface area contributed by atoms with Crippen LogP contribution in [0.2, 0.25) is 0 Å². The SMILES string of the molecule is CNC(=O)c1cc(CNc2cc(F)ccc2C(=O)Nc2ccc3c(c2)OC(F)(F)C(F)(F)O3)ccn1. The molecule has 0 spiro atoms. The van der Waals surface area contributed by atoms with Gasteiger partial charge >= 0.3 is 12.2 Å². The molecular weight excluding hydrogens is 491 g/mol. The molecule has 36 heavy (non-hydrogen) atoms. The number of hydrogen-bond acceptors (Lipinski definition) is 6. The van der Waals surface area contributed by atoms with E-state index in [1.165, 1.54) is 25.4 Å². The number of halogens is 5. The van der Waals surface area contributed by atoms with E-state index in [2.05, 4.69) is 30.4 Å². The Morgan fingerprint density at radius 3 is 2.36 bits per heavy atom. The monoisotopic (exact) mass is 508 g/mol. The lowest BCUT2D eigenvalue weighted by molar-refractivity contribution is -0.391. The fourth-order valence-corrected chi connectivity index (χ4v) is 3.24. The first-order valence-corrected chi connectivity index (χ1v) is 10.3. The Kier molecular flexibility index (Phi) is 6.39. The summed E-state index contributed by atoms with van der Waals surface area (Å²) in [5, 5.41) is 7.76. The van der Waals surface area contributed by atoms with Gasteiger partial charge in [-0.25, -0.2) is 4.39 Å². The van der Waals surface area contributed by atoms with Crippen molar-refractivity contribution in [3.63, 3.8) is 0 Å². The molecule has 0 saturated carbocycles. The van der Waals surface area contributed by atoms with Crippen LogP contribution in [0.15, 0.2) is 54.7 Å². The molecule has 2 amide bonds. The summed E-state index contributed by atoms with van der Waals surface area (Å²) in [6, 6.07) is 9.42. The molecule has 1 aliphatic rings. The van der Waals surface area contributed by atoms with E-state index in [4.69, 9.17) is 0 Å². The van der Waals surface area contributed by atoms with Crippen LogP contribution >= 0.6 is 0 Å². The maximum absolute atomic E-state index is 13.9. The van der Waals surface area contributed by atoms with Crippen molar-refractivity contribution < 1.29 is 41.0 Å². The van der Waals surface area contributed by atoms with Gasteiger partial charge in [0.25, 0.3) is 11.8 Å². The summed E-state index contributed by atoms with van der Waals surface area (Å²) < 4.78 is 75.6. The van der Waals surface area contributed by atoms with E-state index < -0.39 is 41.3 Å². The van der Waals surface area contributed by atoms with E-state index >= 15 is 0 Å². The Bertz CT molecular complexity index is 1340. The summed E-state index contributed by atoms with van der Waals surface area (Å²) in [5.41, 5.74) is 0.793. The summed E-state index contributed by atoms with van der Waals surface area (Å²) in [7, 11) is 1.45. The lowest BCUT2D eigenvalue weighted by atomic mass is 10.1. The Labute approximate surface area is 200 Å². The third kappa shape index (κ3) is 4.99. The number of hydrogen-bond donors (Lipinski definition) is 3. The highest BCUT2D eigenvalue weighted by Gasteiger charge is 2.65. The Hall–Kier alpha value is -4.42. The van der Waals surface area contributed by atoms with Crippen LogP contribution in [0.25, 0.3) is 0 Å². The minimum absolute atomic E-state index is 0.0104. The summed E-state index contributed by atoms with van der Waals surface area (Å²) in [5.74, 6) is -3.14. The summed E-state index contributed by atoms with van der Waals surface area (Å²) in [4.78, 5) is 28.6. The van der Waals surface area contributed by atoms with Crippen molar-refractivity contribution in [1.82, 2.24) is 10.3 Å². The standard InChI is InChI=1S/C23H17F5N4O4/c1-29-21(34)17-8-12(6-7-30-17)11-31-16-9-13(24)2-4-15(16)20(33)32-14-3-5-18-19(10-14)36-23(27,28)22(25,26)35-18/h2-10,31H,11H2,1H3,(H,29,34)(H,32,33). The number of benzene rings is 2. The molecule has 13 heteroatoms.